The minimum absolute atomic E-state index is 0.938. The van der Waals surface area contributed by atoms with E-state index in [9.17, 15) is 0 Å². The van der Waals surface area contributed by atoms with Crippen molar-refractivity contribution in [2.24, 2.45) is 7.05 Å². The van der Waals surface area contributed by atoms with Crippen LogP contribution in [0.5, 0.6) is 0 Å². The largest absolute Gasteiger partial charge is 0.311 e. The van der Waals surface area contributed by atoms with E-state index in [4.69, 9.17) is 0 Å². The highest BCUT2D eigenvalue weighted by Crippen LogP contribution is 2.03. The summed E-state index contributed by atoms with van der Waals surface area (Å²) in [6.07, 6.45) is 4.89. The van der Waals surface area contributed by atoms with Crippen molar-refractivity contribution in [2.75, 3.05) is 6.54 Å². The van der Waals surface area contributed by atoms with Crippen LogP contribution in [0.2, 0.25) is 0 Å². The maximum Gasteiger partial charge on any atom is 0.0625 e. The Morgan fingerprint density at radius 3 is 2.73 bits per heavy atom. The van der Waals surface area contributed by atoms with Crippen molar-refractivity contribution in [3.05, 3.63) is 17.5 Å². The molecule has 0 amide bonds. The van der Waals surface area contributed by atoms with Crippen LogP contribution in [0.15, 0.2) is 6.07 Å². The van der Waals surface area contributed by atoms with Crippen molar-refractivity contribution in [3.8, 4) is 0 Å². The highest BCUT2D eigenvalue weighted by molar-refractivity contribution is 5.09. The molecular weight excluding hydrogens is 186 g/mol. The van der Waals surface area contributed by atoms with Crippen LogP contribution in [0.1, 0.15) is 44.5 Å². The zero-order chi connectivity index (χ0) is 11.1. The molecular formula is C12H23N3. The van der Waals surface area contributed by atoms with Gasteiger partial charge in [0, 0.05) is 13.6 Å². The summed E-state index contributed by atoms with van der Waals surface area (Å²) < 4.78 is 1.98. The van der Waals surface area contributed by atoms with Gasteiger partial charge in [0.25, 0.3) is 0 Å². The lowest BCUT2D eigenvalue weighted by Crippen LogP contribution is -2.16. The van der Waals surface area contributed by atoms with Crippen molar-refractivity contribution in [1.82, 2.24) is 15.1 Å². The van der Waals surface area contributed by atoms with Crippen LogP contribution in [0.3, 0.4) is 0 Å². The number of hydrogen-bond acceptors (Lipinski definition) is 2. The molecule has 1 rings (SSSR count). The zero-order valence-electron chi connectivity index (χ0n) is 10.2. The van der Waals surface area contributed by atoms with Crippen LogP contribution < -0.4 is 5.32 Å². The molecule has 1 aromatic rings. The minimum atomic E-state index is 0.938. The first-order valence-corrected chi connectivity index (χ1v) is 6.00. The molecule has 0 radical (unpaired) electrons. The predicted molar refractivity (Wildman–Crippen MR) is 63.8 cm³/mol. The molecule has 0 saturated carbocycles. The van der Waals surface area contributed by atoms with Gasteiger partial charge in [-0.05, 0) is 25.5 Å². The SMILES string of the molecule is CCCCCNCc1cc(CC)nn1C. The van der Waals surface area contributed by atoms with Crippen molar-refractivity contribution in [2.45, 2.75) is 46.1 Å². The maximum atomic E-state index is 4.42. The van der Waals surface area contributed by atoms with Crippen molar-refractivity contribution >= 4 is 0 Å². The molecule has 0 aliphatic rings. The van der Waals surface area contributed by atoms with E-state index in [2.05, 4.69) is 30.3 Å². The van der Waals surface area contributed by atoms with E-state index in [0.717, 1.165) is 19.5 Å². The topological polar surface area (TPSA) is 29.9 Å². The third kappa shape index (κ3) is 4.04. The van der Waals surface area contributed by atoms with E-state index in [1.807, 2.05) is 11.7 Å². The van der Waals surface area contributed by atoms with Gasteiger partial charge in [-0.1, -0.05) is 26.7 Å². The molecule has 1 aromatic heterocycles. The van der Waals surface area contributed by atoms with Crippen LogP contribution in [0.4, 0.5) is 0 Å². The summed E-state index contributed by atoms with van der Waals surface area (Å²) in [5, 5.41) is 7.87. The van der Waals surface area contributed by atoms with Gasteiger partial charge in [-0.15, -0.1) is 0 Å². The van der Waals surface area contributed by atoms with E-state index in [1.165, 1.54) is 30.7 Å². The summed E-state index contributed by atoms with van der Waals surface area (Å²) >= 11 is 0. The van der Waals surface area contributed by atoms with Gasteiger partial charge in [-0.2, -0.15) is 5.10 Å². The fourth-order valence-electron chi connectivity index (χ4n) is 1.63. The van der Waals surface area contributed by atoms with E-state index >= 15 is 0 Å². The lowest BCUT2D eigenvalue weighted by molar-refractivity contribution is 0.587. The average Bonchev–Trinajstić information content (AvgIpc) is 2.59. The van der Waals surface area contributed by atoms with Crippen molar-refractivity contribution in [1.29, 1.82) is 0 Å². The second-order valence-electron chi connectivity index (χ2n) is 3.99. The standard InChI is InChI=1S/C12H23N3/c1-4-6-7-8-13-10-12-9-11(5-2)14-15(12)3/h9,13H,4-8,10H2,1-3H3. The first-order valence-electron chi connectivity index (χ1n) is 6.00. The van der Waals surface area contributed by atoms with Gasteiger partial charge < -0.3 is 5.32 Å². The van der Waals surface area contributed by atoms with Crippen LogP contribution in [0, 0.1) is 0 Å². The lowest BCUT2D eigenvalue weighted by Gasteiger charge is -2.03. The van der Waals surface area contributed by atoms with Gasteiger partial charge in [-0.25, -0.2) is 0 Å². The van der Waals surface area contributed by atoms with Gasteiger partial charge in [0.2, 0.25) is 0 Å². The average molecular weight is 209 g/mol. The Balaban J connectivity index is 2.27. The monoisotopic (exact) mass is 209 g/mol. The molecule has 0 aliphatic carbocycles. The van der Waals surface area contributed by atoms with E-state index in [-0.39, 0.29) is 0 Å². The molecule has 0 aliphatic heterocycles. The molecule has 3 nitrogen and oxygen atoms in total. The molecule has 0 saturated heterocycles. The number of nitrogens with one attached hydrogen (secondary N) is 1. The lowest BCUT2D eigenvalue weighted by atomic mass is 10.2. The molecule has 15 heavy (non-hydrogen) atoms. The Morgan fingerprint density at radius 2 is 2.13 bits per heavy atom. The fourth-order valence-corrected chi connectivity index (χ4v) is 1.63. The van der Waals surface area contributed by atoms with E-state index in [1.54, 1.807) is 0 Å². The predicted octanol–water partition coefficient (Wildman–Crippen LogP) is 2.26. The van der Waals surface area contributed by atoms with Crippen LogP contribution >= 0.6 is 0 Å². The van der Waals surface area contributed by atoms with Crippen LogP contribution in [0.25, 0.3) is 0 Å². The molecule has 0 spiro atoms. The second kappa shape index (κ2) is 6.62. The molecule has 0 fully saturated rings. The Labute approximate surface area is 92.9 Å². The molecule has 0 unspecified atom stereocenters. The normalized spacial score (nSPS) is 10.9. The van der Waals surface area contributed by atoms with Crippen molar-refractivity contribution < 1.29 is 0 Å². The molecule has 86 valence electrons. The Bertz CT molecular complexity index is 278. The molecule has 3 heteroatoms. The number of unbranched alkanes of at least 4 members (excludes halogenated alkanes) is 2. The fraction of sp³-hybridized carbons (Fsp3) is 0.750. The van der Waals surface area contributed by atoms with Crippen LogP contribution in [-0.4, -0.2) is 16.3 Å². The van der Waals surface area contributed by atoms with Crippen LogP contribution in [-0.2, 0) is 20.0 Å². The third-order valence-electron chi connectivity index (χ3n) is 2.65. The number of hydrogen-bond donors (Lipinski definition) is 1. The number of aromatic nitrogens is 2. The van der Waals surface area contributed by atoms with Gasteiger partial charge in [-0.3, -0.25) is 4.68 Å². The first-order chi connectivity index (χ1) is 7.27. The molecule has 0 atom stereocenters. The van der Waals surface area contributed by atoms with Gasteiger partial charge >= 0.3 is 0 Å². The smallest absolute Gasteiger partial charge is 0.0625 e. The van der Waals surface area contributed by atoms with Gasteiger partial charge in [0.05, 0.1) is 11.4 Å². The summed E-state index contributed by atoms with van der Waals surface area (Å²) in [5.41, 5.74) is 2.46. The third-order valence-corrected chi connectivity index (χ3v) is 2.65. The highest BCUT2D eigenvalue weighted by Gasteiger charge is 2.02. The first kappa shape index (κ1) is 12.2. The van der Waals surface area contributed by atoms with Crippen molar-refractivity contribution in [3.63, 3.8) is 0 Å². The molecule has 1 heterocycles. The quantitative estimate of drug-likeness (QED) is 0.698. The summed E-state index contributed by atoms with van der Waals surface area (Å²) in [6, 6.07) is 2.19. The molecule has 0 bridgehead atoms. The Morgan fingerprint density at radius 1 is 1.33 bits per heavy atom. The molecule has 1 N–H and O–H groups in total. The minimum Gasteiger partial charge on any atom is -0.311 e. The van der Waals surface area contributed by atoms with Gasteiger partial charge in [0.15, 0.2) is 0 Å². The number of aryl methyl sites for hydroxylation is 2. The van der Waals surface area contributed by atoms with E-state index < -0.39 is 0 Å². The second-order valence-corrected chi connectivity index (χ2v) is 3.99. The summed E-state index contributed by atoms with van der Waals surface area (Å²) in [5.74, 6) is 0. The summed E-state index contributed by atoms with van der Waals surface area (Å²) in [4.78, 5) is 0. The van der Waals surface area contributed by atoms with E-state index in [0.29, 0.717) is 0 Å². The number of rotatable bonds is 7. The maximum absolute atomic E-state index is 4.42. The van der Waals surface area contributed by atoms with Gasteiger partial charge in [0.1, 0.15) is 0 Å². The number of nitrogens with zero attached hydrogens (tertiary/aromatic N) is 2. The Hall–Kier alpha value is -0.830. The zero-order valence-corrected chi connectivity index (χ0v) is 10.2. The molecule has 0 aromatic carbocycles. The summed E-state index contributed by atoms with van der Waals surface area (Å²) in [7, 11) is 2.02. The Kier molecular flexibility index (Phi) is 5.40. The summed E-state index contributed by atoms with van der Waals surface area (Å²) in [6.45, 7) is 6.42. The highest BCUT2D eigenvalue weighted by atomic mass is 15.3.